The minimum absolute atomic E-state index is 0.0500. The Balaban J connectivity index is 2.44. The van der Waals surface area contributed by atoms with Crippen molar-refractivity contribution >= 4 is 29.0 Å². The minimum Gasteiger partial charge on any atom is -0.508 e. The standard InChI is InChI=1S/C17H13Cl2F3O2/c1-2-4-15(10-5-3-6-11(7-10)17(20,21)22)24-16-13(18)8-12(23)9-14(16)19/h3-9,23H,2H2,1H3. The topological polar surface area (TPSA) is 29.5 Å². The molecule has 2 aromatic rings. The molecule has 2 aromatic carbocycles. The van der Waals surface area contributed by atoms with Crippen LogP contribution in [0.15, 0.2) is 42.5 Å². The molecule has 1 N–H and O–H groups in total. The number of aromatic hydroxyl groups is 1. The first-order valence-electron chi connectivity index (χ1n) is 6.96. The minimum atomic E-state index is -4.46. The van der Waals surface area contributed by atoms with Gasteiger partial charge in [0.25, 0.3) is 0 Å². The van der Waals surface area contributed by atoms with Crippen molar-refractivity contribution in [1.82, 2.24) is 0 Å². The Morgan fingerprint density at radius 3 is 2.33 bits per heavy atom. The normalized spacial score (nSPS) is 12.3. The lowest BCUT2D eigenvalue weighted by molar-refractivity contribution is -0.137. The summed E-state index contributed by atoms with van der Waals surface area (Å²) < 4.78 is 44.3. The van der Waals surface area contributed by atoms with Crippen LogP contribution in [0, 0.1) is 0 Å². The van der Waals surface area contributed by atoms with Gasteiger partial charge < -0.3 is 9.84 Å². The molecule has 2 rings (SSSR count). The molecule has 0 heterocycles. The molecule has 0 unspecified atom stereocenters. The summed E-state index contributed by atoms with van der Waals surface area (Å²) in [6.07, 6.45) is -2.31. The maximum Gasteiger partial charge on any atom is 0.416 e. The van der Waals surface area contributed by atoms with E-state index in [1.54, 1.807) is 6.08 Å². The monoisotopic (exact) mass is 376 g/mol. The first-order valence-corrected chi connectivity index (χ1v) is 7.71. The molecular formula is C17H13Cl2F3O2. The molecule has 0 aliphatic rings. The molecule has 0 fully saturated rings. The predicted octanol–water partition coefficient (Wildman–Crippen LogP) is 6.55. The Kier molecular flexibility index (Phi) is 5.67. The molecule has 0 saturated heterocycles. The first kappa shape index (κ1) is 18.5. The molecule has 24 heavy (non-hydrogen) atoms. The summed E-state index contributed by atoms with van der Waals surface area (Å²) in [5, 5.41) is 9.53. The van der Waals surface area contributed by atoms with Crippen LogP contribution in [-0.2, 0) is 6.18 Å². The Morgan fingerprint density at radius 2 is 1.79 bits per heavy atom. The fraction of sp³-hybridized carbons (Fsp3) is 0.176. The average molecular weight is 377 g/mol. The quantitative estimate of drug-likeness (QED) is 0.613. The van der Waals surface area contributed by atoms with Gasteiger partial charge in [-0.3, -0.25) is 0 Å². The van der Waals surface area contributed by atoms with Gasteiger partial charge in [-0.25, -0.2) is 0 Å². The highest BCUT2D eigenvalue weighted by Gasteiger charge is 2.30. The molecular weight excluding hydrogens is 364 g/mol. The van der Waals surface area contributed by atoms with Gasteiger partial charge in [0.2, 0.25) is 0 Å². The summed E-state index contributed by atoms with van der Waals surface area (Å²) in [4.78, 5) is 0. The number of hydrogen-bond donors (Lipinski definition) is 1. The smallest absolute Gasteiger partial charge is 0.416 e. The Bertz CT molecular complexity index is 748. The molecule has 7 heteroatoms. The zero-order valence-corrected chi connectivity index (χ0v) is 14.0. The van der Waals surface area contributed by atoms with Gasteiger partial charge in [0.05, 0.1) is 15.6 Å². The van der Waals surface area contributed by atoms with Crippen LogP contribution in [0.2, 0.25) is 10.0 Å². The third-order valence-electron chi connectivity index (χ3n) is 3.06. The zero-order chi connectivity index (χ0) is 17.9. The van der Waals surface area contributed by atoms with Gasteiger partial charge in [0, 0.05) is 17.7 Å². The number of allylic oxidation sites excluding steroid dienone is 1. The molecule has 0 amide bonds. The highest BCUT2D eigenvalue weighted by Crippen LogP contribution is 2.39. The molecule has 0 radical (unpaired) electrons. The van der Waals surface area contributed by atoms with Crippen LogP contribution in [0.5, 0.6) is 11.5 Å². The lowest BCUT2D eigenvalue weighted by Gasteiger charge is -2.15. The van der Waals surface area contributed by atoms with Crippen molar-refractivity contribution in [2.75, 3.05) is 0 Å². The summed E-state index contributed by atoms with van der Waals surface area (Å²) in [5.41, 5.74) is -0.541. The molecule has 0 spiro atoms. The van der Waals surface area contributed by atoms with E-state index in [4.69, 9.17) is 27.9 Å². The summed E-state index contributed by atoms with van der Waals surface area (Å²) in [6, 6.07) is 7.23. The highest BCUT2D eigenvalue weighted by atomic mass is 35.5. The number of phenols is 1. The molecule has 2 nitrogen and oxygen atoms in total. The maximum atomic E-state index is 12.9. The second kappa shape index (κ2) is 7.36. The van der Waals surface area contributed by atoms with Crippen LogP contribution in [0.3, 0.4) is 0 Å². The number of halogens is 5. The summed E-state index contributed by atoms with van der Waals surface area (Å²) in [7, 11) is 0. The molecule has 0 atom stereocenters. The van der Waals surface area contributed by atoms with Crippen molar-refractivity contribution in [3.05, 3.63) is 63.6 Å². The molecule has 0 bridgehead atoms. The Labute approximate surface area is 147 Å². The number of ether oxygens (including phenoxy) is 1. The van der Waals surface area contributed by atoms with Crippen molar-refractivity contribution in [1.29, 1.82) is 0 Å². The van der Waals surface area contributed by atoms with Crippen LogP contribution in [0.4, 0.5) is 13.2 Å². The molecule has 0 aromatic heterocycles. The third kappa shape index (κ3) is 4.36. The molecule has 0 aliphatic heterocycles. The van der Waals surface area contributed by atoms with E-state index in [-0.39, 0.29) is 32.9 Å². The zero-order valence-electron chi connectivity index (χ0n) is 12.5. The van der Waals surface area contributed by atoms with Crippen LogP contribution < -0.4 is 4.74 Å². The fourth-order valence-corrected chi connectivity index (χ4v) is 2.56. The van der Waals surface area contributed by atoms with E-state index in [1.165, 1.54) is 24.3 Å². The number of benzene rings is 2. The maximum absolute atomic E-state index is 12.9. The lowest BCUT2D eigenvalue weighted by Crippen LogP contribution is -2.06. The number of hydrogen-bond acceptors (Lipinski definition) is 2. The van der Waals surface area contributed by atoms with E-state index >= 15 is 0 Å². The van der Waals surface area contributed by atoms with E-state index in [0.29, 0.717) is 6.42 Å². The fourth-order valence-electron chi connectivity index (χ4n) is 2.01. The Hall–Kier alpha value is -1.85. The SMILES string of the molecule is CCC=C(Oc1c(Cl)cc(O)cc1Cl)c1cccc(C(F)(F)F)c1. The van der Waals surface area contributed by atoms with Crippen LogP contribution in [-0.4, -0.2) is 5.11 Å². The second-order valence-electron chi connectivity index (χ2n) is 4.90. The van der Waals surface area contributed by atoms with Gasteiger partial charge in [-0.2, -0.15) is 13.2 Å². The largest absolute Gasteiger partial charge is 0.508 e. The summed E-state index contributed by atoms with van der Waals surface area (Å²) >= 11 is 12.0. The predicted molar refractivity (Wildman–Crippen MR) is 88.5 cm³/mol. The van der Waals surface area contributed by atoms with Gasteiger partial charge in [-0.1, -0.05) is 42.3 Å². The van der Waals surface area contributed by atoms with E-state index in [0.717, 1.165) is 12.1 Å². The Morgan fingerprint density at radius 1 is 1.17 bits per heavy atom. The van der Waals surface area contributed by atoms with Gasteiger partial charge in [0.15, 0.2) is 5.75 Å². The van der Waals surface area contributed by atoms with Crippen LogP contribution in [0.25, 0.3) is 5.76 Å². The van der Waals surface area contributed by atoms with Gasteiger partial charge in [-0.15, -0.1) is 0 Å². The molecule has 128 valence electrons. The van der Waals surface area contributed by atoms with Gasteiger partial charge >= 0.3 is 6.18 Å². The van der Waals surface area contributed by atoms with Crippen LogP contribution >= 0.6 is 23.2 Å². The second-order valence-corrected chi connectivity index (χ2v) is 5.71. The summed E-state index contributed by atoms with van der Waals surface area (Å²) in [5.74, 6) is 0.115. The average Bonchev–Trinajstić information content (AvgIpc) is 2.49. The highest BCUT2D eigenvalue weighted by molar-refractivity contribution is 6.37. The molecule has 0 aliphatic carbocycles. The third-order valence-corrected chi connectivity index (χ3v) is 3.62. The summed E-state index contributed by atoms with van der Waals surface area (Å²) in [6.45, 7) is 1.82. The van der Waals surface area contributed by atoms with Gasteiger partial charge in [-0.05, 0) is 24.6 Å². The van der Waals surface area contributed by atoms with Gasteiger partial charge in [0.1, 0.15) is 11.5 Å². The van der Waals surface area contributed by atoms with Crippen molar-refractivity contribution in [2.24, 2.45) is 0 Å². The number of rotatable bonds is 4. The van der Waals surface area contributed by atoms with E-state index in [9.17, 15) is 18.3 Å². The van der Waals surface area contributed by atoms with Crippen molar-refractivity contribution in [2.45, 2.75) is 19.5 Å². The number of phenolic OH excluding ortho intramolecular Hbond substituents is 1. The van der Waals surface area contributed by atoms with Crippen molar-refractivity contribution in [3.63, 3.8) is 0 Å². The lowest BCUT2D eigenvalue weighted by atomic mass is 10.1. The molecule has 0 saturated carbocycles. The van der Waals surface area contributed by atoms with Crippen molar-refractivity contribution < 1.29 is 23.0 Å². The first-order chi connectivity index (χ1) is 11.2. The number of alkyl halides is 3. The van der Waals surface area contributed by atoms with Crippen molar-refractivity contribution in [3.8, 4) is 11.5 Å². The van der Waals surface area contributed by atoms with E-state index < -0.39 is 11.7 Å². The van der Waals surface area contributed by atoms with E-state index in [1.807, 2.05) is 6.92 Å². The van der Waals surface area contributed by atoms with E-state index in [2.05, 4.69) is 0 Å². The van der Waals surface area contributed by atoms with Crippen LogP contribution in [0.1, 0.15) is 24.5 Å².